The second kappa shape index (κ2) is 7.15. The number of amides is 1. The molecule has 1 heterocycles. The number of nitro groups is 1. The van der Waals surface area contributed by atoms with Crippen molar-refractivity contribution in [1.29, 1.82) is 0 Å². The average molecular weight is 353 g/mol. The molecular weight excluding hydrogens is 330 g/mol. The molecule has 0 saturated carbocycles. The van der Waals surface area contributed by atoms with Crippen molar-refractivity contribution >= 4 is 17.3 Å². The van der Waals surface area contributed by atoms with Gasteiger partial charge in [0.15, 0.2) is 0 Å². The largest absolute Gasteiger partial charge is 0.368 e. The van der Waals surface area contributed by atoms with Crippen LogP contribution in [0.1, 0.15) is 27.0 Å². The van der Waals surface area contributed by atoms with Crippen LogP contribution >= 0.6 is 0 Å². The standard InChI is InChI=1S/C20H23N3O3/c1-14-7-8-15(2)19(13-14)21-9-11-22(12-10-21)20(24)17-5-4-6-18(16(17)3)23(25)26/h4-8,13H,9-12H2,1-3H3. The maximum Gasteiger partial charge on any atom is 0.273 e. The molecule has 2 aromatic carbocycles. The Labute approximate surface area is 153 Å². The van der Waals surface area contributed by atoms with Crippen LogP contribution in [0.5, 0.6) is 0 Å². The molecule has 6 nitrogen and oxygen atoms in total. The van der Waals surface area contributed by atoms with Crippen molar-refractivity contribution in [2.24, 2.45) is 0 Å². The van der Waals surface area contributed by atoms with Gasteiger partial charge in [-0.05, 0) is 44.0 Å². The molecule has 0 aliphatic carbocycles. The zero-order valence-corrected chi connectivity index (χ0v) is 15.4. The van der Waals surface area contributed by atoms with Gasteiger partial charge in [0.2, 0.25) is 0 Å². The lowest BCUT2D eigenvalue weighted by atomic mass is 10.0. The van der Waals surface area contributed by atoms with E-state index in [4.69, 9.17) is 0 Å². The zero-order chi connectivity index (χ0) is 18.8. The van der Waals surface area contributed by atoms with Crippen LogP contribution in [0.3, 0.4) is 0 Å². The molecule has 6 heteroatoms. The van der Waals surface area contributed by atoms with Gasteiger partial charge in [0, 0.05) is 49.1 Å². The topological polar surface area (TPSA) is 66.7 Å². The quantitative estimate of drug-likeness (QED) is 0.626. The molecule has 0 spiro atoms. The highest BCUT2D eigenvalue weighted by Gasteiger charge is 2.26. The maximum atomic E-state index is 12.8. The molecule has 1 aliphatic rings. The average Bonchev–Trinajstić information content (AvgIpc) is 2.63. The predicted octanol–water partition coefficient (Wildman–Crippen LogP) is 3.48. The summed E-state index contributed by atoms with van der Waals surface area (Å²) in [5.41, 5.74) is 4.49. The second-order valence-corrected chi connectivity index (χ2v) is 6.78. The summed E-state index contributed by atoms with van der Waals surface area (Å²) in [6, 6.07) is 11.1. The molecule has 0 atom stereocenters. The number of nitrogens with zero attached hydrogens (tertiary/aromatic N) is 3. The number of hydrogen-bond donors (Lipinski definition) is 0. The molecule has 0 aromatic heterocycles. The lowest BCUT2D eigenvalue weighted by Crippen LogP contribution is -2.49. The van der Waals surface area contributed by atoms with E-state index in [9.17, 15) is 14.9 Å². The van der Waals surface area contributed by atoms with Crippen LogP contribution in [0.15, 0.2) is 36.4 Å². The molecule has 1 fully saturated rings. The van der Waals surface area contributed by atoms with Crippen molar-refractivity contribution in [3.05, 3.63) is 68.8 Å². The Balaban J connectivity index is 1.74. The van der Waals surface area contributed by atoms with Gasteiger partial charge in [-0.15, -0.1) is 0 Å². The fraction of sp³-hybridized carbons (Fsp3) is 0.350. The molecule has 1 aliphatic heterocycles. The lowest BCUT2D eigenvalue weighted by molar-refractivity contribution is -0.385. The van der Waals surface area contributed by atoms with E-state index in [0.717, 1.165) is 13.1 Å². The SMILES string of the molecule is Cc1ccc(C)c(N2CCN(C(=O)c3cccc([N+](=O)[O-])c3C)CC2)c1. The van der Waals surface area contributed by atoms with Gasteiger partial charge in [-0.25, -0.2) is 0 Å². The van der Waals surface area contributed by atoms with Crippen molar-refractivity contribution < 1.29 is 9.72 Å². The maximum absolute atomic E-state index is 12.8. The summed E-state index contributed by atoms with van der Waals surface area (Å²) in [7, 11) is 0. The number of hydrogen-bond acceptors (Lipinski definition) is 4. The summed E-state index contributed by atoms with van der Waals surface area (Å²) >= 11 is 0. The predicted molar refractivity (Wildman–Crippen MR) is 102 cm³/mol. The fourth-order valence-electron chi connectivity index (χ4n) is 3.43. The second-order valence-electron chi connectivity index (χ2n) is 6.78. The smallest absolute Gasteiger partial charge is 0.273 e. The van der Waals surface area contributed by atoms with Crippen molar-refractivity contribution in [3.63, 3.8) is 0 Å². The Kier molecular flexibility index (Phi) is 4.93. The molecule has 0 unspecified atom stereocenters. The Bertz CT molecular complexity index is 855. The number of aryl methyl sites for hydroxylation is 2. The Morgan fingerprint density at radius 3 is 2.38 bits per heavy atom. The van der Waals surface area contributed by atoms with Gasteiger partial charge in [-0.3, -0.25) is 14.9 Å². The lowest BCUT2D eigenvalue weighted by Gasteiger charge is -2.37. The van der Waals surface area contributed by atoms with E-state index in [1.807, 2.05) is 0 Å². The molecule has 0 bridgehead atoms. The van der Waals surface area contributed by atoms with Crippen molar-refractivity contribution in [3.8, 4) is 0 Å². The molecule has 26 heavy (non-hydrogen) atoms. The van der Waals surface area contributed by atoms with Gasteiger partial charge in [0.05, 0.1) is 4.92 Å². The van der Waals surface area contributed by atoms with E-state index < -0.39 is 4.92 Å². The van der Waals surface area contributed by atoms with Gasteiger partial charge in [0.25, 0.3) is 11.6 Å². The number of carbonyl (C=O) groups excluding carboxylic acids is 1. The minimum Gasteiger partial charge on any atom is -0.368 e. The Morgan fingerprint density at radius 1 is 1.04 bits per heavy atom. The van der Waals surface area contributed by atoms with Crippen LogP contribution in [0.2, 0.25) is 0 Å². The highest BCUT2D eigenvalue weighted by Crippen LogP contribution is 2.25. The zero-order valence-electron chi connectivity index (χ0n) is 15.4. The third kappa shape index (κ3) is 3.40. The Morgan fingerprint density at radius 2 is 1.73 bits per heavy atom. The molecule has 0 N–H and O–H groups in total. The summed E-state index contributed by atoms with van der Waals surface area (Å²) in [4.78, 5) is 27.6. The summed E-state index contributed by atoms with van der Waals surface area (Å²) in [5.74, 6) is -0.133. The van der Waals surface area contributed by atoms with E-state index in [1.54, 1.807) is 24.0 Å². The molecule has 0 radical (unpaired) electrons. The molecule has 3 rings (SSSR count). The van der Waals surface area contributed by atoms with Gasteiger partial charge < -0.3 is 9.80 Å². The highest BCUT2D eigenvalue weighted by atomic mass is 16.6. The third-order valence-electron chi connectivity index (χ3n) is 5.00. The fourth-order valence-corrected chi connectivity index (χ4v) is 3.43. The number of anilines is 1. The highest BCUT2D eigenvalue weighted by molar-refractivity contribution is 5.96. The minimum atomic E-state index is -0.440. The molecule has 1 saturated heterocycles. The van der Waals surface area contributed by atoms with Gasteiger partial charge in [-0.2, -0.15) is 0 Å². The molecular formula is C20H23N3O3. The summed E-state index contributed by atoms with van der Waals surface area (Å²) in [6.07, 6.45) is 0. The number of rotatable bonds is 3. The molecule has 1 amide bonds. The van der Waals surface area contributed by atoms with E-state index in [-0.39, 0.29) is 11.6 Å². The number of nitro benzene ring substituents is 1. The van der Waals surface area contributed by atoms with Gasteiger partial charge in [0.1, 0.15) is 0 Å². The molecule has 2 aromatic rings. The van der Waals surface area contributed by atoms with Crippen LogP contribution in [0.4, 0.5) is 11.4 Å². The normalized spacial score (nSPS) is 14.4. The molecule has 136 valence electrons. The van der Waals surface area contributed by atoms with Crippen LogP contribution in [0, 0.1) is 30.9 Å². The summed E-state index contributed by atoms with van der Waals surface area (Å²) < 4.78 is 0. The minimum absolute atomic E-state index is 0.00938. The van der Waals surface area contributed by atoms with E-state index in [0.29, 0.717) is 24.2 Å². The van der Waals surface area contributed by atoms with Crippen LogP contribution in [-0.2, 0) is 0 Å². The van der Waals surface area contributed by atoms with Crippen molar-refractivity contribution in [2.45, 2.75) is 20.8 Å². The monoisotopic (exact) mass is 353 g/mol. The first-order chi connectivity index (χ1) is 12.4. The Hall–Kier alpha value is -2.89. The van der Waals surface area contributed by atoms with E-state index in [2.05, 4.69) is 36.9 Å². The van der Waals surface area contributed by atoms with Crippen LogP contribution in [0.25, 0.3) is 0 Å². The van der Waals surface area contributed by atoms with Gasteiger partial charge >= 0.3 is 0 Å². The third-order valence-corrected chi connectivity index (χ3v) is 5.00. The van der Waals surface area contributed by atoms with Crippen molar-refractivity contribution in [1.82, 2.24) is 4.90 Å². The first-order valence-electron chi connectivity index (χ1n) is 8.74. The summed E-state index contributed by atoms with van der Waals surface area (Å²) in [5, 5.41) is 11.1. The number of carbonyl (C=O) groups is 1. The number of piperazine rings is 1. The summed E-state index contributed by atoms with van der Waals surface area (Å²) in [6.45, 7) is 8.53. The van der Waals surface area contributed by atoms with Crippen LogP contribution in [-0.4, -0.2) is 41.9 Å². The number of benzene rings is 2. The van der Waals surface area contributed by atoms with Gasteiger partial charge in [-0.1, -0.05) is 18.2 Å². The first kappa shape index (κ1) is 17.9. The van der Waals surface area contributed by atoms with Crippen LogP contribution < -0.4 is 4.90 Å². The van der Waals surface area contributed by atoms with Crippen molar-refractivity contribution in [2.75, 3.05) is 31.1 Å². The first-order valence-corrected chi connectivity index (χ1v) is 8.74. The van der Waals surface area contributed by atoms with E-state index >= 15 is 0 Å². The van der Waals surface area contributed by atoms with E-state index in [1.165, 1.54) is 22.9 Å².